The predicted molar refractivity (Wildman–Crippen MR) is 75.5 cm³/mol. The summed E-state index contributed by atoms with van der Waals surface area (Å²) < 4.78 is 27.3. The van der Waals surface area contributed by atoms with Crippen LogP contribution in [0, 0.1) is 12.8 Å². The molecule has 0 saturated carbocycles. The first kappa shape index (κ1) is 15.5. The van der Waals surface area contributed by atoms with E-state index in [1.165, 1.54) is 0 Å². The van der Waals surface area contributed by atoms with Crippen LogP contribution in [-0.2, 0) is 10.0 Å². The van der Waals surface area contributed by atoms with Crippen LogP contribution in [0.3, 0.4) is 0 Å². The number of halogens is 1. The molecule has 1 aromatic rings. The van der Waals surface area contributed by atoms with E-state index in [9.17, 15) is 8.42 Å². The molecule has 0 bridgehead atoms. The maximum Gasteiger partial charge on any atom is 0.241 e. The molecule has 0 aromatic heterocycles. The van der Waals surface area contributed by atoms with Gasteiger partial charge in [0.25, 0.3) is 0 Å². The number of hydrogen-bond donors (Lipinski definition) is 1. The highest BCUT2D eigenvalue weighted by molar-refractivity contribution is 7.89. The third-order valence-corrected chi connectivity index (χ3v) is 4.78. The minimum absolute atomic E-state index is 0.132. The van der Waals surface area contributed by atoms with Crippen molar-refractivity contribution in [2.45, 2.75) is 38.1 Å². The number of rotatable bonds is 6. The SMILES string of the molecule is Cc1ccccc1S(=O)(=O)NC(CCCl)C(C)C. The lowest BCUT2D eigenvalue weighted by Gasteiger charge is -2.21. The molecule has 0 saturated heterocycles. The first-order valence-corrected chi connectivity index (χ1v) is 8.04. The highest BCUT2D eigenvalue weighted by Gasteiger charge is 2.23. The Bertz CT molecular complexity index is 486. The van der Waals surface area contributed by atoms with E-state index < -0.39 is 10.0 Å². The molecular weight excluding hydrogens is 270 g/mol. The van der Waals surface area contributed by atoms with Crippen molar-refractivity contribution in [2.24, 2.45) is 5.92 Å². The second-order valence-electron chi connectivity index (χ2n) is 4.71. The third kappa shape index (κ3) is 3.97. The molecule has 0 spiro atoms. The van der Waals surface area contributed by atoms with Crippen molar-refractivity contribution >= 4 is 21.6 Å². The van der Waals surface area contributed by atoms with Gasteiger partial charge in [-0.2, -0.15) is 0 Å². The van der Waals surface area contributed by atoms with Gasteiger partial charge in [0.05, 0.1) is 4.90 Å². The van der Waals surface area contributed by atoms with E-state index in [0.29, 0.717) is 17.2 Å². The summed E-state index contributed by atoms with van der Waals surface area (Å²) in [5.41, 5.74) is 0.748. The summed E-state index contributed by atoms with van der Waals surface area (Å²) in [7, 11) is -3.47. The molecule has 5 heteroatoms. The van der Waals surface area contributed by atoms with Crippen LogP contribution in [0.25, 0.3) is 0 Å². The Morgan fingerprint density at radius 3 is 2.39 bits per heavy atom. The molecule has 0 radical (unpaired) electrons. The molecule has 18 heavy (non-hydrogen) atoms. The zero-order valence-electron chi connectivity index (χ0n) is 11.0. The summed E-state index contributed by atoms with van der Waals surface area (Å²) in [4.78, 5) is 0.338. The van der Waals surface area contributed by atoms with Crippen molar-refractivity contribution in [3.63, 3.8) is 0 Å². The van der Waals surface area contributed by atoms with Crippen LogP contribution in [0.2, 0.25) is 0 Å². The van der Waals surface area contributed by atoms with Crippen molar-refractivity contribution in [1.29, 1.82) is 0 Å². The summed E-state index contributed by atoms with van der Waals surface area (Å²) in [5, 5.41) is 0. The van der Waals surface area contributed by atoms with E-state index in [2.05, 4.69) is 4.72 Å². The van der Waals surface area contributed by atoms with Crippen molar-refractivity contribution in [2.75, 3.05) is 5.88 Å². The van der Waals surface area contributed by atoms with Gasteiger partial charge in [0.2, 0.25) is 10.0 Å². The van der Waals surface area contributed by atoms with Gasteiger partial charge in [-0.1, -0.05) is 32.0 Å². The molecule has 1 rings (SSSR count). The van der Waals surface area contributed by atoms with Gasteiger partial charge in [-0.3, -0.25) is 0 Å². The molecular formula is C13H20ClNO2S. The van der Waals surface area contributed by atoms with E-state index in [1.54, 1.807) is 25.1 Å². The van der Waals surface area contributed by atoms with E-state index in [0.717, 1.165) is 5.56 Å². The molecule has 3 nitrogen and oxygen atoms in total. The Hall–Kier alpha value is -0.580. The monoisotopic (exact) mass is 289 g/mol. The Morgan fingerprint density at radius 1 is 1.28 bits per heavy atom. The number of aryl methyl sites for hydroxylation is 1. The lowest BCUT2D eigenvalue weighted by molar-refractivity contribution is 0.439. The van der Waals surface area contributed by atoms with Crippen LogP contribution in [0.1, 0.15) is 25.8 Å². The summed E-state index contributed by atoms with van der Waals surface area (Å²) >= 11 is 5.71. The van der Waals surface area contributed by atoms with E-state index in [-0.39, 0.29) is 12.0 Å². The lowest BCUT2D eigenvalue weighted by Crippen LogP contribution is -2.39. The summed E-state index contributed by atoms with van der Waals surface area (Å²) in [5.74, 6) is 0.654. The number of nitrogens with one attached hydrogen (secondary N) is 1. The molecule has 102 valence electrons. The maximum atomic E-state index is 12.3. The normalized spacial score (nSPS) is 13.8. The molecule has 1 atom stereocenters. The quantitative estimate of drug-likeness (QED) is 0.819. The summed E-state index contributed by atoms with van der Waals surface area (Å²) in [6, 6.07) is 6.84. The molecule has 0 aliphatic rings. The zero-order chi connectivity index (χ0) is 13.8. The summed E-state index contributed by atoms with van der Waals surface area (Å²) in [6.45, 7) is 5.76. The third-order valence-electron chi connectivity index (χ3n) is 2.91. The first-order valence-electron chi connectivity index (χ1n) is 6.02. The van der Waals surface area contributed by atoms with Crippen LogP contribution < -0.4 is 4.72 Å². The van der Waals surface area contributed by atoms with Crippen LogP contribution in [0.5, 0.6) is 0 Å². The summed E-state index contributed by atoms with van der Waals surface area (Å²) in [6.07, 6.45) is 0.629. The smallest absolute Gasteiger partial charge is 0.208 e. The average molecular weight is 290 g/mol. The maximum absolute atomic E-state index is 12.3. The fraction of sp³-hybridized carbons (Fsp3) is 0.538. The molecule has 0 amide bonds. The number of sulfonamides is 1. The fourth-order valence-corrected chi connectivity index (χ4v) is 3.67. The topological polar surface area (TPSA) is 46.2 Å². The van der Waals surface area contributed by atoms with Crippen LogP contribution in [-0.4, -0.2) is 20.3 Å². The molecule has 0 heterocycles. The second-order valence-corrected chi connectivity index (χ2v) is 6.78. The lowest BCUT2D eigenvalue weighted by atomic mass is 10.0. The molecule has 0 aliphatic heterocycles. The molecule has 1 unspecified atom stereocenters. The minimum atomic E-state index is -3.47. The van der Waals surface area contributed by atoms with Gasteiger partial charge < -0.3 is 0 Å². The molecule has 0 aliphatic carbocycles. The van der Waals surface area contributed by atoms with E-state index >= 15 is 0 Å². The van der Waals surface area contributed by atoms with Gasteiger partial charge >= 0.3 is 0 Å². The van der Waals surface area contributed by atoms with Crippen LogP contribution in [0.15, 0.2) is 29.2 Å². The second kappa shape index (κ2) is 6.55. The zero-order valence-corrected chi connectivity index (χ0v) is 12.6. The standard InChI is InChI=1S/C13H20ClNO2S/c1-10(2)12(8-9-14)15-18(16,17)13-7-5-4-6-11(13)3/h4-7,10,12,15H,8-9H2,1-3H3. The predicted octanol–water partition coefficient (Wildman–Crippen LogP) is 2.93. The van der Waals surface area contributed by atoms with Crippen molar-refractivity contribution in [3.05, 3.63) is 29.8 Å². The van der Waals surface area contributed by atoms with Crippen LogP contribution >= 0.6 is 11.6 Å². The first-order chi connectivity index (χ1) is 8.38. The van der Waals surface area contributed by atoms with Gasteiger partial charge in [0.1, 0.15) is 0 Å². The minimum Gasteiger partial charge on any atom is -0.208 e. The highest BCUT2D eigenvalue weighted by atomic mass is 35.5. The number of alkyl halides is 1. The van der Waals surface area contributed by atoms with Crippen LogP contribution in [0.4, 0.5) is 0 Å². The van der Waals surface area contributed by atoms with E-state index in [4.69, 9.17) is 11.6 Å². The van der Waals surface area contributed by atoms with Gasteiger partial charge in [0, 0.05) is 11.9 Å². The fourth-order valence-electron chi connectivity index (χ4n) is 1.77. The molecule has 1 N–H and O–H groups in total. The van der Waals surface area contributed by atoms with Gasteiger partial charge in [-0.15, -0.1) is 11.6 Å². The Kier molecular flexibility index (Phi) is 5.63. The van der Waals surface area contributed by atoms with E-state index in [1.807, 2.05) is 19.9 Å². The Labute approximate surface area is 115 Å². The highest BCUT2D eigenvalue weighted by Crippen LogP contribution is 2.17. The molecule has 1 aromatic carbocycles. The number of hydrogen-bond acceptors (Lipinski definition) is 2. The van der Waals surface area contributed by atoms with Gasteiger partial charge in [-0.05, 0) is 30.9 Å². The van der Waals surface area contributed by atoms with Crippen molar-refractivity contribution < 1.29 is 8.42 Å². The van der Waals surface area contributed by atoms with Gasteiger partial charge in [0.15, 0.2) is 0 Å². The Morgan fingerprint density at radius 2 is 1.89 bits per heavy atom. The van der Waals surface area contributed by atoms with Crippen molar-refractivity contribution in [1.82, 2.24) is 4.72 Å². The Balaban J connectivity index is 2.97. The molecule has 0 fully saturated rings. The average Bonchev–Trinajstić information content (AvgIpc) is 2.28. The van der Waals surface area contributed by atoms with Crippen molar-refractivity contribution in [3.8, 4) is 0 Å². The number of benzene rings is 1. The largest absolute Gasteiger partial charge is 0.241 e. The van der Waals surface area contributed by atoms with Gasteiger partial charge in [-0.25, -0.2) is 13.1 Å².